The number of carbonyl (C=O) groups excluding carboxylic acids is 2. The molecule has 2 aromatic carbocycles. The van der Waals surface area contributed by atoms with Gasteiger partial charge in [0.2, 0.25) is 0 Å². The van der Waals surface area contributed by atoms with Crippen molar-refractivity contribution in [3.05, 3.63) is 57.6 Å². The molecule has 0 saturated heterocycles. The van der Waals surface area contributed by atoms with Crippen LogP contribution in [0.1, 0.15) is 26.3 Å². The van der Waals surface area contributed by atoms with E-state index in [-0.39, 0.29) is 11.8 Å². The fraction of sp³-hybridized carbons (Fsp3) is 0.125. The van der Waals surface area contributed by atoms with Crippen molar-refractivity contribution in [3.63, 3.8) is 0 Å². The van der Waals surface area contributed by atoms with Crippen LogP contribution in [-0.2, 0) is 0 Å². The molecule has 0 bridgehead atoms. The van der Waals surface area contributed by atoms with Crippen LogP contribution in [0.4, 0.5) is 5.69 Å². The Morgan fingerprint density at radius 3 is 2.43 bits per heavy atom. The van der Waals surface area contributed by atoms with Gasteiger partial charge in [0, 0.05) is 4.47 Å². The van der Waals surface area contributed by atoms with E-state index < -0.39 is 0 Å². The van der Waals surface area contributed by atoms with Gasteiger partial charge in [-0.3, -0.25) is 9.59 Å². The molecule has 1 aliphatic rings. The Hall–Kier alpha value is -2.14. The molecule has 0 radical (unpaired) electrons. The Bertz CT molecular complexity index is 770. The standard InChI is InChI=1S/C16H12BrNO3/c1-9-3-5-11-12(7-9)16(20)18(15(11)19)13-8-10(17)4-6-14(13)21-2/h3-8H,1-2H3. The van der Waals surface area contributed by atoms with Gasteiger partial charge in [-0.2, -0.15) is 0 Å². The number of hydrogen-bond donors (Lipinski definition) is 0. The molecule has 0 spiro atoms. The molecule has 0 N–H and O–H groups in total. The van der Waals surface area contributed by atoms with Crippen LogP contribution in [0.3, 0.4) is 0 Å². The summed E-state index contributed by atoms with van der Waals surface area (Å²) in [6, 6.07) is 10.5. The first-order valence-corrected chi connectivity index (χ1v) is 7.15. The summed E-state index contributed by atoms with van der Waals surface area (Å²) in [7, 11) is 1.51. The number of benzene rings is 2. The summed E-state index contributed by atoms with van der Waals surface area (Å²) in [4.78, 5) is 26.3. The van der Waals surface area contributed by atoms with E-state index in [9.17, 15) is 9.59 Å². The van der Waals surface area contributed by atoms with Gasteiger partial charge in [0.05, 0.1) is 23.9 Å². The molecular weight excluding hydrogens is 334 g/mol. The molecule has 1 heterocycles. The molecule has 4 nitrogen and oxygen atoms in total. The van der Waals surface area contributed by atoms with Crippen molar-refractivity contribution in [2.24, 2.45) is 0 Å². The predicted molar refractivity (Wildman–Crippen MR) is 83.0 cm³/mol. The fourth-order valence-corrected chi connectivity index (χ4v) is 2.76. The summed E-state index contributed by atoms with van der Waals surface area (Å²) in [5.41, 5.74) is 2.24. The summed E-state index contributed by atoms with van der Waals surface area (Å²) in [5, 5.41) is 0. The minimum atomic E-state index is -0.327. The van der Waals surface area contributed by atoms with Crippen LogP contribution in [0.15, 0.2) is 40.9 Å². The number of rotatable bonds is 2. The number of hydrogen-bond acceptors (Lipinski definition) is 3. The molecule has 21 heavy (non-hydrogen) atoms. The second-order valence-corrected chi connectivity index (χ2v) is 5.73. The van der Waals surface area contributed by atoms with Gasteiger partial charge in [-0.25, -0.2) is 4.90 Å². The van der Waals surface area contributed by atoms with Gasteiger partial charge in [0.1, 0.15) is 5.75 Å². The average Bonchev–Trinajstić information content (AvgIpc) is 2.70. The van der Waals surface area contributed by atoms with E-state index in [4.69, 9.17) is 4.74 Å². The molecule has 3 rings (SSSR count). The van der Waals surface area contributed by atoms with Crippen LogP contribution >= 0.6 is 15.9 Å². The van der Waals surface area contributed by atoms with Gasteiger partial charge in [0.25, 0.3) is 11.8 Å². The Balaban J connectivity index is 2.16. The van der Waals surface area contributed by atoms with E-state index in [0.717, 1.165) is 14.9 Å². The van der Waals surface area contributed by atoms with Gasteiger partial charge in [0.15, 0.2) is 0 Å². The third kappa shape index (κ3) is 2.14. The van der Waals surface area contributed by atoms with E-state index in [2.05, 4.69) is 15.9 Å². The highest BCUT2D eigenvalue weighted by Gasteiger charge is 2.38. The SMILES string of the molecule is COc1ccc(Br)cc1N1C(=O)c2ccc(C)cc2C1=O. The number of carbonyl (C=O) groups is 2. The first-order chi connectivity index (χ1) is 10.0. The monoisotopic (exact) mass is 345 g/mol. The number of ether oxygens (including phenoxy) is 1. The Labute approximate surface area is 130 Å². The summed E-state index contributed by atoms with van der Waals surface area (Å²) < 4.78 is 6.03. The van der Waals surface area contributed by atoms with Crippen molar-refractivity contribution < 1.29 is 14.3 Å². The molecule has 0 saturated carbocycles. The van der Waals surface area contributed by atoms with E-state index >= 15 is 0 Å². The quantitative estimate of drug-likeness (QED) is 0.781. The molecule has 5 heteroatoms. The molecule has 1 aliphatic heterocycles. The number of methoxy groups -OCH3 is 1. The van der Waals surface area contributed by atoms with E-state index in [1.54, 1.807) is 30.3 Å². The largest absolute Gasteiger partial charge is 0.495 e. The predicted octanol–water partition coefficient (Wildman–Crippen LogP) is 3.57. The lowest BCUT2D eigenvalue weighted by Crippen LogP contribution is -2.29. The van der Waals surface area contributed by atoms with Gasteiger partial charge in [-0.05, 0) is 37.3 Å². The Morgan fingerprint density at radius 2 is 1.71 bits per heavy atom. The van der Waals surface area contributed by atoms with E-state index in [1.807, 2.05) is 13.0 Å². The van der Waals surface area contributed by atoms with E-state index in [1.165, 1.54) is 7.11 Å². The van der Waals surface area contributed by atoms with Crippen molar-refractivity contribution in [2.75, 3.05) is 12.0 Å². The van der Waals surface area contributed by atoms with Crippen LogP contribution in [0.2, 0.25) is 0 Å². The minimum absolute atomic E-state index is 0.324. The molecule has 0 fully saturated rings. The van der Waals surface area contributed by atoms with Gasteiger partial charge < -0.3 is 4.74 Å². The lowest BCUT2D eigenvalue weighted by molar-refractivity contribution is 0.0925. The Kier molecular flexibility index (Phi) is 3.29. The molecular formula is C16H12BrNO3. The van der Waals surface area contributed by atoms with Gasteiger partial charge >= 0.3 is 0 Å². The highest BCUT2D eigenvalue weighted by molar-refractivity contribution is 9.10. The number of halogens is 1. The highest BCUT2D eigenvalue weighted by Crippen LogP contribution is 2.36. The Morgan fingerprint density at radius 1 is 1.00 bits per heavy atom. The van der Waals surface area contributed by atoms with Gasteiger partial charge in [-0.1, -0.05) is 27.6 Å². The molecule has 2 amide bonds. The number of aryl methyl sites for hydroxylation is 1. The van der Waals surface area contributed by atoms with Crippen molar-refractivity contribution in [3.8, 4) is 5.75 Å². The molecule has 2 aromatic rings. The topological polar surface area (TPSA) is 46.6 Å². The molecule has 106 valence electrons. The maximum Gasteiger partial charge on any atom is 0.266 e. The average molecular weight is 346 g/mol. The lowest BCUT2D eigenvalue weighted by atomic mass is 10.1. The third-order valence-corrected chi connectivity index (χ3v) is 3.92. The first kappa shape index (κ1) is 13.8. The van der Waals surface area contributed by atoms with Crippen LogP contribution in [0, 0.1) is 6.92 Å². The number of anilines is 1. The highest BCUT2D eigenvalue weighted by atomic mass is 79.9. The number of nitrogens with zero attached hydrogens (tertiary/aromatic N) is 1. The maximum atomic E-state index is 12.6. The maximum absolute atomic E-state index is 12.6. The summed E-state index contributed by atoms with van der Waals surface area (Å²) >= 11 is 3.35. The summed E-state index contributed by atoms with van der Waals surface area (Å²) in [6.07, 6.45) is 0. The van der Waals surface area contributed by atoms with Crippen molar-refractivity contribution in [1.29, 1.82) is 0 Å². The zero-order valence-electron chi connectivity index (χ0n) is 11.5. The number of imide groups is 1. The molecule has 0 atom stereocenters. The lowest BCUT2D eigenvalue weighted by Gasteiger charge is -2.17. The molecule has 0 aromatic heterocycles. The van der Waals surface area contributed by atoms with Crippen LogP contribution in [-0.4, -0.2) is 18.9 Å². The zero-order chi connectivity index (χ0) is 15.1. The van der Waals surface area contributed by atoms with Gasteiger partial charge in [-0.15, -0.1) is 0 Å². The van der Waals surface area contributed by atoms with Crippen LogP contribution < -0.4 is 9.64 Å². The zero-order valence-corrected chi connectivity index (χ0v) is 13.1. The second kappa shape index (κ2) is 5.00. The summed E-state index contributed by atoms with van der Waals surface area (Å²) in [6.45, 7) is 1.89. The third-order valence-electron chi connectivity index (χ3n) is 3.42. The van der Waals surface area contributed by atoms with Crippen LogP contribution in [0.25, 0.3) is 0 Å². The minimum Gasteiger partial charge on any atom is -0.495 e. The summed E-state index contributed by atoms with van der Waals surface area (Å²) in [5.74, 6) is -0.175. The van der Waals surface area contributed by atoms with E-state index in [0.29, 0.717) is 22.6 Å². The first-order valence-electron chi connectivity index (χ1n) is 6.36. The van der Waals surface area contributed by atoms with Crippen molar-refractivity contribution >= 4 is 33.4 Å². The van der Waals surface area contributed by atoms with Crippen LogP contribution in [0.5, 0.6) is 5.75 Å². The normalized spacial score (nSPS) is 13.6. The molecule has 0 unspecified atom stereocenters. The number of fused-ring (bicyclic) bond motifs is 1. The number of amides is 2. The van der Waals surface area contributed by atoms with Crippen molar-refractivity contribution in [2.45, 2.75) is 6.92 Å². The fourth-order valence-electron chi connectivity index (χ4n) is 2.41. The van der Waals surface area contributed by atoms with Crippen molar-refractivity contribution in [1.82, 2.24) is 0 Å². The second-order valence-electron chi connectivity index (χ2n) is 4.81. The molecule has 0 aliphatic carbocycles. The smallest absolute Gasteiger partial charge is 0.266 e.